The van der Waals surface area contributed by atoms with Crippen LogP contribution in [0, 0.1) is 5.92 Å². The molecule has 144 valence electrons. The van der Waals surface area contributed by atoms with Gasteiger partial charge in [0.25, 0.3) is 0 Å². The maximum atomic E-state index is 12.5. The van der Waals surface area contributed by atoms with Crippen LogP contribution < -0.4 is 5.32 Å². The van der Waals surface area contributed by atoms with Crippen molar-refractivity contribution in [3.8, 4) is 5.82 Å². The predicted molar refractivity (Wildman–Crippen MR) is 108 cm³/mol. The number of aromatic nitrogens is 3. The van der Waals surface area contributed by atoms with Crippen LogP contribution in [0.25, 0.3) is 5.82 Å². The predicted octanol–water partition coefficient (Wildman–Crippen LogP) is 3.43. The van der Waals surface area contributed by atoms with Crippen molar-refractivity contribution in [3.63, 3.8) is 0 Å². The van der Waals surface area contributed by atoms with E-state index in [1.807, 2.05) is 29.3 Å². The van der Waals surface area contributed by atoms with Gasteiger partial charge in [-0.05, 0) is 48.4 Å². The Labute approximate surface area is 165 Å². The van der Waals surface area contributed by atoms with E-state index >= 15 is 0 Å². The van der Waals surface area contributed by atoms with Crippen LogP contribution in [0.4, 0.5) is 4.79 Å². The summed E-state index contributed by atoms with van der Waals surface area (Å²) in [5.41, 5.74) is 2.36. The van der Waals surface area contributed by atoms with E-state index in [0.29, 0.717) is 12.5 Å². The number of hydrogen-bond donors (Lipinski definition) is 1. The number of pyridine rings is 1. The average molecular weight is 375 g/mol. The molecule has 3 heterocycles. The number of urea groups is 1. The van der Waals surface area contributed by atoms with E-state index in [2.05, 4.69) is 45.7 Å². The lowest BCUT2D eigenvalue weighted by Gasteiger charge is -2.32. The minimum absolute atomic E-state index is 0.00862. The summed E-state index contributed by atoms with van der Waals surface area (Å²) in [6.07, 6.45) is 8.57. The zero-order valence-electron chi connectivity index (χ0n) is 15.9. The summed E-state index contributed by atoms with van der Waals surface area (Å²) in [6, 6.07) is 16.3. The van der Waals surface area contributed by atoms with Crippen molar-refractivity contribution in [2.45, 2.75) is 25.8 Å². The van der Waals surface area contributed by atoms with Crippen LogP contribution in [0.15, 0.2) is 67.1 Å². The summed E-state index contributed by atoms with van der Waals surface area (Å²) >= 11 is 0. The van der Waals surface area contributed by atoms with Crippen molar-refractivity contribution in [1.29, 1.82) is 0 Å². The molecule has 1 N–H and O–H groups in total. The molecule has 0 aliphatic carbocycles. The molecule has 0 saturated carbocycles. The number of carbonyl (C=O) groups excluding carboxylic acids is 1. The van der Waals surface area contributed by atoms with Crippen molar-refractivity contribution in [2.24, 2.45) is 5.92 Å². The van der Waals surface area contributed by atoms with Crippen LogP contribution in [-0.4, -0.2) is 38.8 Å². The van der Waals surface area contributed by atoms with Gasteiger partial charge in [-0.25, -0.2) is 14.5 Å². The molecular formula is C22H25N5O. The second kappa shape index (κ2) is 8.69. The molecule has 0 bridgehead atoms. The Hall–Kier alpha value is -3.15. The van der Waals surface area contributed by atoms with Crippen molar-refractivity contribution >= 4 is 6.03 Å². The number of nitrogens with zero attached hydrogens (tertiary/aromatic N) is 4. The van der Waals surface area contributed by atoms with E-state index in [-0.39, 0.29) is 6.03 Å². The third-order valence-electron chi connectivity index (χ3n) is 5.26. The first-order chi connectivity index (χ1) is 13.8. The summed E-state index contributed by atoms with van der Waals surface area (Å²) < 4.78 is 1.71. The van der Waals surface area contributed by atoms with E-state index in [0.717, 1.165) is 43.7 Å². The molecule has 1 fully saturated rings. The number of benzene rings is 1. The van der Waals surface area contributed by atoms with Gasteiger partial charge in [-0.2, -0.15) is 5.10 Å². The van der Waals surface area contributed by atoms with Gasteiger partial charge in [0.05, 0.1) is 0 Å². The first kappa shape index (κ1) is 18.2. The van der Waals surface area contributed by atoms with Crippen LogP contribution in [0.2, 0.25) is 0 Å². The quantitative estimate of drug-likeness (QED) is 0.743. The Morgan fingerprint density at radius 2 is 1.86 bits per heavy atom. The van der Waals surface area contributed by atoms with Gasteiger partial charge in [0, 0.05) is 38.2 Å². The molecule has 0 radical (unpaired) electrons. The SMILES string of the molecule is O=C(NCc1ccc(-n2cccn2)nc1)N1CCC(Cc2ccccc2)CC1. The van der Waals surface area contributed by atoms with Crippen LogP contribution >= 0.6 is 0 Å². The molecule has 0 unspecified atom stereocenters. The van der Waals surface area contributed by atoms with E-state index in [9.17, 15) is 4.79 Å². The summed E-state index contributed by atoms with van der Waals surface area (Å²) in [5, 5.41) is 7.17. The molecule has 2 amide bonds. The summed E-state index contributed by atoms with van der Waals surface area (Å²) in [7, 11) is 0. The Balaban J connectivity index is 1.22. The fraction of sp³-hybridized carbons (Fsp3) is 0.318. The summed E-state index contributed by atoms with van der Waals surface area (Å²) in [5.74, 6) is 1.42. The Morgan fingerprint density at radius 1 is 1.04 bits per heavy atom. The number of nitrogens with one attached hydrogen (secondary N) is 1. The molecular weight excluding hydrogens is 350 g/mol. The Bertz CT molecular complexity index is 869. The number of carbonyl (C=O) groups is 1. The lowest BCUT2D eigenvalue weighted by Crippen LogP contribution is -2.44. The normalized spacial score (nSPS) is 14.8. The zero-order chi connectivity index (χ0) is 19.2. The second-order valence-corrected chi connectivity index (χ2v) is 7.25. The fourth-order valence-electron chi connectivity index (χ4n) is 3.64. The van der Waals surface area contributed by atoms with E-state index in [4.69, 9.17) is 0 Å². The van der Waals surface area contributed by atoms with Gasteiger partial charge in [-0.1, -0.05) is 36.4 Å². The lowest BCUT2D eigenvalue weighted by molar-refractivity contribution is 0.170. The maximum Gasteiger partial charge on any atom is 0.317 e. The van der Waals surface area contributed by atoms with Gasteiger partial charge in [-0.15, -0.1) is 0 Å². The highest BCUT2D eigenvalue weighted by Crippen LogP contribution is 2.21. The third kappa shape index (κ3) is 4.57. The number of hydrogen-bond acceptors (Lipinski definition) is 3. The maximum absolute atomic E-state index is 12.5. The van der Waals surface area contributed by atoms with E-state index < -0.39 is 0 Å². The summed E-state index contributed by atoms with van der Waals surface area (Å²) in [6.45, 7) is 2.12. The molecule has 6 heteroatoms. The number of piperidine rings is 1. The van der Waals surface area contributed by atoms with Gasteiger partial charge in [0.2, 0.25) is 0 Å². The van der Waals surface area contributed by atoms with Crippen molar-refractivity contribution in [3.05, 3.63) is 78.2 Å². The molecule has 1 aromatic carbocycles. The highest BCUT2D eigenvalue weighted by atomic mass is 16.2. The number of rotatable bonds is 5. The second-order valence-electron chi connectivity index (χ2n) is 7.25. The molecule has 1 aliphatic rings. The van der Waals surface area contributed by atoms with Gasteiger partial charge < -0.3 is 10.2 Å². The Morgan fingerprint density at radius 3 is 2.54 bits per heavy atom. The van der Waals surface area contributed by atoms with Crippen molar-refractivity contribution < 1.29 is 4.79 Å². The van der Waals surface area contributed by atoms with Crippen molar-refractivity contribution in [2.75, 3.05) is 13.1 Å². The van der Waals surface area contributed by atoms with Crippen LogP contribution in [0.3, 0.4) is 0 Å². The lowest BCUT2D eigenvalue weighted by atomic mass is 9.90. The topological polar surface area (TPSA) is 63.1 Å². The monoisotopic (exact) mass is 375 g/mol. The van der Waals surface area contributed by atoms with Gasteiger partial charge >= 0.3 is 6.03 Å². The highest BCUT2D eigenvalue weighted by molar-refractivity contribution is 5.74. The third-order valence-corrected chi connectivity index (χ3v) is 5.26. The molecule has 0 atom stereocenters. The van der Waals surface area contributed by atoms with E-state index in [1.165, 1.54) is 5.56 Å². The van der Waals surface area contributed by atoms with Gasteiger partial charge in [-0.3, -0.25) is 0 Å². The molecule has 4 rings (SSSR count). The number of likely N-dealkylation sites (tertiary alicyclic amines) is 1. The van der Waals surface area contributed by atoms with Crippen LogP contribution in [0.5, 0.6) is 0 Å². The molecule has 3 aromatic rings. The van der Waals surface area contributed by atoms with Crippen LogP contribution in [0.1, 0.15) is 24.0 Å². The molecule has 2 aromatic heterocycles. The molecule has 0 spiro atoms. The molecule has 28 heavy (non-hydrogen) atoms. The Kier molecular flexibility index (Phi) is 5.66. The number of amides is 2. The average Bonchev–Trinajstić information content (AvgIpc) is 3.29. The standard InChI is InChI=1S/C22H25N5O/c28-22(24-17-20-7-8-21(23-16-20)27-12-4-11-25-27)26-13-9-19(10-14-26)15-18-5-2-1-3-6-18/h1-8,11-12,16,19H,9-10,13-15,17H2,(H,24,28). The van der Waals surface area contributed by atoms with Gasteiger partial charge in [0.15, 0.2) is 5.82 Å². The summed E-state index contributed by atoms with van der Waals surface area (Å²) in [4.78, 5) is 18.8. The first-order valence-electron chi connectivity index (χ1n) is 9.79. The smallest absolute Gasteiger partial charge is 0.317 e. The van der Waals surface area contributed by atoms with Crippen molar-refractivity contribution in [1.82, 2.24) is 25.0 Å². The van der Waals surface area contributed by atoms with Crippen LogP contribution in [-0.2, 0) is 13.0 Å². The minimum atomic E-state index is 0.00862. The minimum Gasteiger partial charge on any atom is -0.334 e. The zero-order valence-corrected chi connectivity index (χ0v) is 15.9. The molecule has 6 nitrogen and oxygen atoms in total. The fourth-order valence-corrected chi connectivity index (χ4v) is 3.64. The first-order valence-corrected chi connectivity index (χ1v) is 9.79. The largest absolute Gasteiger partial charge is 0.334 e. The van der Waals surface area contributed by atoms with Gasteiger partial charge in [0.1, 0.15) is 0 Å². The molecule has 1 aliphatic heterocycles. The van der Waals surface area contributed by atoms with E-state index in [1.54, 1.807) is 17.1 Å². The molecule has 1 saturated heterocycles. The highest BCUT2D eigenvalue weighted by Gasteiger charge is 2.22.